The van der Waals surface area contributed by atoms with Crippen molar-refractivity contribution >= 4 is 86.1 Å². The normalized spacial score (nSPS) is 12.0. The Morgan fingerprint density at radius 3 is 1.35 bits per heavy atom. The molecule has 0 atom stereocenters. The maximum absolute atomic E-state index is 16.3. The SMILES string of the molecule is O=P(c1ccccc1)(c1cccc2c1sc1c(-c3cccnc3)cccc12)c1cccc2c1sc1c(-c3cccnc3)cccc12. The highest BCUT2D eigenvalue weighted by atomic mass is 32.1. The predicted octanol–water partition coefficient (Wildman–Crippen LogP) is 10.2. The van der Waals surface area contributed by atoms with Crippen molar-refractivity contribution in [3.05, 3.63) is 152 Å². The maximum Gasteiger partial charge on any atom is 0.173 e. The number of aromatic nitrogens is 2. The van der Waals surface area contributed by atoms with E-state index in [-0.39, 0.29) is 0 Å². The smallest absolute Gasteiger partial charge is 0.173 e. The average Bonchev–Trinajstić information content (AvgIpc) is 3.71. The van der Waals surface area contributed by atoms with Crippen molar-refractivity contribution in [2.75, 3.05) is 0 Å². The van der Waals surface area contributed by atoms with Crippen molar-refractivity contribution in [3.8, 4) is 22.3 Å². The van der Waals surface area contributed by atoms with Gasteiger partial charge in [0.05, 0.1) is 0 Å². The van der Waals surface area contributed by atoms with Crippen LogP contribution in [0.2, 0.25) is 0 Å². The highest BCUT2D eigenvalue weighted by molar-refractivity contribution is 7.86. The van der Waals surface area contributed by atoms with Gasteiger partial charge >= 0.3 is 0 Å². The summed E-state index contributed by atoms with van der Waals surface area (Å²) in [6.07, 6.45) is 7.43. The third-order valence-corrected chi connectivity index (χ3v) is 14.8. The standard InChI is InChI=1S/C40H25N2OPS2/c43-44(28-12-2-1-3-13-28,35-20-6-18-33-31-16-4-14-29(37(31)45-39(33)35)26-10-8-22-41-24-26)36-21-7-19-34-32-17-5-15-30(38(32)46-40(34)36)27-11-9-23-42-25-27/h1-25H. The maximum atomic E-state index is 16.3. The first-order valence-corrected chi connectivity index (χ1v) is 18.4. The van der Waals surface area contributed by atoms with Crippen molar-refractivity contribution in [2.24, 2.45) is 0 Å². The zero-order valence-electron chi connectivity index (χ0n) is 24.5. The molecule has 5 aromatic carbocycles. The molecule has 4 aromatic heterocycles. The largest absolute Gasteiger partial charge is 0.309 e. The molecule has 0 aliphatic carbocycles. The van der Waals surface area contributed by atoms with Crippen LogP contribution in [0.1, 0.15) is 0 Å². The number of rotatable bonds is 5. The summed E-state index contributed by atoms with van der Waals surface area (Å²) in [5, 5.41) is 7.19. The summed E-state index contributed by atoms with van der Waals surface area (Å²) in [4.78, 5) is 8.78. The molecule has 0 saturated carbocycles. The summed E-state index contributed by atoms with van der Waals surface area (Å²) in [6, 6.07) is 43.7. The van der Waals surface area contributed by atoms with E-state index in [0.717, 1.165) is 58.3 Å². The fourth-order valence-corrected chi connectivity index (χ4v) is 13.0. The molecule has 0 fully saturated rings. The van der Waals surface area contributed by atoms with E-state index in [9.17, 15) is 0 Å². The number of benzene rings is 5. The molecule has 0 N–H and O–H groups in total. The van der Waals surface area contributed by atoms with Gasteiger partial charge in [0.1, 0.15) is 0 Å². The molecule has 0 aliphatic heterocycles. The minimum absolute atomic E-state index is 0.838. The van der Waals surface area contributed by atoms with Crippen LogP contribution in [0, 0.1) is 0 Å². The third kappa shape index (κ3) is 4.13. The molecule has 0 bridgehead atoms. The zero-order chi connectivity index (χ0) is 30.7. The number of fused-ring (bicyclic) bond motifs is 6. The van der Waals surface area contributed by atoms with E-state index in [1.165, 1.54) is 20.2 Å². The third-order valence-electron chi connectivity index (χ3n) is 8.75. The van der Waals surface area contributed by atoms with Gasteiger partial charge in [-0.1, -0.05) is 103 Å². The molecule has 0 radical (unpaired) electrons. The monoisotopic (exact) mass is 644 g/mol. The van der Waals surface area contributed by atoms with Gasteiger partial charge in [0.15, 0.2) is 7.14 Å². The molecule has 0 saturated heterocycles. The Hall–Kier alpha value is -4.93. The molecule has 6 heteroatoms. The summed E-state index contributed by atoms with van der Waals surface area (Å²) < 4.78 is 20.8. The zero-order valence-corrected chi connectivity index (χ0v) is 27.0. The first-order valence-electron chi connectivity index (χ1n) is 15.1. The Balaban J connectivity index is 1.36. The van der Waals surface area contributed by atoms with Gasteiger partial charge in [-0.05, 0) is 24.3 Å². The summed E-state index contributed by atoms with van der Waals surface area (Å²) in [5.41, 5.74) is 4.43. The van der Waals surface area contributed by atoms with Crippen LogP contribution in [-0.4, -0.2) is 9.97 Å². The van der Waals surface area contributed by atoms with Crippen LogP contribution in [0.15, 0.2) is 152 Å². The Bertz CT molecular complexity index is 2450. The van der Waals surface area contributed by atoms with Crippen LogP contribution in [0.3, 0.4) is 0 Å². The lowest BCUT2D eigenvalue weighted by Gasteiger charge is -2.21. The van der Waals surface area contributed by atoms with Crippen molar-refractivity contribution in [1.29, 1.82) is 0 Å². The highest BCUT2D eigenvalue weighted by Gasteiger charge is 2.35. The molecule has 9 aromatic rings. The van der Waals surface area contributed by atoms with Gasteiger partial charge in [0, 0.05) is 103 Å². The molecule has 46 heavy (non-hydrogen) atoms. The van der Waals surface area contributed by atoms with Gasteiger partial charge in [0.25, 0.3) is 0 Å². The molecule has 4 heterocycles. The molecule has 9 rings (SSSR count). The van der Waals surface area contributed by atoms with Crippen molar-refractivity contribution in [2.45, 2.75) is 0 Å². The van der Waals surface area contributed by atoms with E-state index < -0.39 is 7.14 Å². The Kier molecular flexibility index (Phi) is 6.46. The lowest BCUT2D eigenvalue weighted by atomic mass is 10.0. The molecular formula is C40H25N2OPS2. The van der Waals surface area contributed by atoms with Crippen LogP contribution >= 0.6 is 29.8 Å². The Morgan fingerprint density at radius 2 is 0.891 bits per heavy atom. The topological polar surface area (TPSA) is 42.9 Å². The van der Waals surface area contributed by atoms with E-state index in [2.05, 4.69) is 94.9 Å². The summed E-state index contributed by atoms with van der Waals surface area (Å²) in [6.45, 7) is 0. The van der Waals surface area contributed by atoms with Crippen LogP contribution in [0.5, 0.6) is 0 Å². The first kappa shape index (κ1) is 27.4. The van der Waals surface area contributed by atoms with Gasteiger partial charge < -0.3 is 4.57 Å². The van der Waals surface area contributed by atoms with Crippen LogP contribution < -0.4 is 15.9 Å². The Morgan fingerprint density at radius 1 is 0.435 bits per heavy atom. The van der Waals surface area contributed by atoms with Gasteiger partial charge in [0.2, 0.25) is 0 Å². The van der Waals surface area contributed by atoms with Crippen molar-refractivity contribution < 1.29 is 4.57 Å². The molecule has 0 unspecified atom stereocenters. The second kappa shape index (κ2) is 10.9. The second-order valence-electron chi connectivity index (χ2n) is 11.3. The van der Waals surface area contributed by atoms with Crippen LogP contribution in [-0.2, 0) is 4.57 Å². The number of hydrogen-bond acceptors (Lipinski definition) is 5. The van der Waals surface area contributed by atoms with Gasteiger partial charge in [-0.3, -0.25) is 9.97 Å². The predicted molar refractivity (Wildman–Crippen MR) is 198 cm³/mol. The van der Waals surface area contributed by atoms with Gasteiger partial charge in [-0.2, -0.15) is 0 Å². The van der Waals surface area contributed by atoms with Crippen LogP contribution in [0.25, 0.3) is 62.6 Å². The van der Waals surface area contributed by atoms with E-state index in [0.29, 0.717) is 0 Å². The molecular weight excluding hydrogens is 620 g/mol. The molecule has 0 amide bonds. The minimum Gasteiger partial charge on any atom is -0.309 e. The Labute approximate surface area is 273 Å². The summed E-state index contributed by atoms with van der Waals surface area (Å²) in [7, 11) is -3.36. The number of hydrogen-bond donors (Lipinski definition) is 0. The van der Waals surface area contributed by atoms with E-state index in [4.69, 9.17) is 0 Å². The van der Waals surface area contributed by atoms with E-state index in [1.807, 2.05) is 54.9 Å². The molecule has 0 spiro atoms. The van der Waals surface area contributed by atoms with Gasteiger partial charge in [-0.25, -0.2) is 0 Å². The number of nitrogens with zero attached hydrogens (tertiary/aromatic N) is 2. The summed E-state index contributed by atoms with van der Waals surface area (Å²) >= 11 is 3.47. The number of pyridine rings is 2. The molecule has 0 aliphatic rings. The molecule has 218 valence electrons. The summed E-state index contributed by atoms with van der Waals surface area (Å²) in [5.74, 6) is 0. The number of thiophene rings is 2. The first-order chi connectivity index (χ1) is 22.7. The van der Waals surface area contributed by atoms with E-state index in [1.54, 1.807) is 35.1 Å². The highest BCUT2D eigenvalue weighted by Crippen LogP contribution is 2.51. The van der Waals surface area contributed by atoms with Gasteiger partial charge in [-0.15, -0.1) is 22.7 Å². The lowest BCUT2D eigenvalue weighted by molar-refractivity contribution is 0.593. The van der Waals surface area contributed by atoms with E-state index >= 15 is 4.57 Å². The quantitative estimate of drug-likeness (QED) is 0.175. The second-order valence-corrected chi connectivity index (χ2v) is 16.0. The van der Waals surface area contributed by atoms with Crippen molar-refractivity contribution in [3.63, 3.8) is 0 Å². The average molecular weight is 645 g/mol. The fourth-order valence-electron chi connectivity index (χ4n) is 6.65. The minimum atomic E-state index is -3.36. The van der Waals surface area contributed by atoms with Crippen LogP contribution in [0.4, 0.5) is 0 Å². The fraction of sp³-hybridized carbons (Fsp3) is 0. The lowest BCUT2D eigenvalue weighted by Crippen LogP contribution is -2.25. The van der Waals surface area contributed by atoms with Crippen molar-refractivity contribution in [1.82, 2.24) is 9.97 Å². The molecule has 3 nitrogen and oxygen atoms in total.